The molecule has 0 amide bonds. The van der Waals surface area contributed by atoms with Crippen LogP contribution in [0.4, 0.5) is 5.69 Å². The van der Waals surface area contributed by atoms with Gasteiger partial charge in [-0.2, -0.15) is 0 Å². The van der Waals surface area contributed by atoms with E-state index < -0.39 is 0 Å². The highest BCUT2D eigenvalue weighted by Gasteiger charge is 2.46. The van der Waals surface area contributed by atoms with Gasteiger partial charge in [-0.1, -0.05) is 12.1 Å². The molecular formula is C24H26N6. The van der Waals surface area contributed by atoms with Crippen LogP contribution in [0.25, 0.3) is 5.69 Å². The fourth-order valence-corrected chi connectivity index (χ4v) is 5.20. The monoisotopic (exact) mass is 398 g/mol. The van der Waals surface area contributed by atoms with Gasteiger partial charge in [-0.15, -0.1) is 0 Å². The summed E-state index contributed by atoms with van der Waals surface area (Å²) in [5.74, 6) is 1.18. The van der Waals surface area contributed by atoms with Crippen molar-refractivity contribution in [3.8, 4) is 5.69 Å². The van der Waals surface area contributed by atoms with Gasteiger partial charge < -0.3 is 14.8 Å². The van der Waals surface area contributed by atoms with Crippen LogP contribution in [-0.4, -0.2) is 57.0 Å². The summed E-state index contributed by atoms with van der Waals surface area (Å²) in [5, 5.41) is 3.91. The number of likely N-dealkylation sites (tertiary alicyclic amines) is 1. The number of aliphatic imine (C=N–C) groups is 1. The SMILES string of the molecule is c1cncc(-n2cccc2CN2CCC3(CC2)Nc2ccccc2C2=NCCN23)c1. The zero-order valence-electron chi connectivity index (χ0n) is 17.0. The molecule has 30 heavy (non-hydrogen) atoms. The molecule has 1 aromatic carbocycles. The maximum Gasteiger partial charge on any atom is 0.134 e. The van der Waals surface area contributed by atoms with E-state index in [0.717, 1.165) is 51.3 Å². The van der Waals surface area contributed by atoms with Crippen molar-refractivity contribution in [2.45, 2.75) is 25.0 Å². The first-order valence-corrected chi connectivity index (χ1v) is 10.8. The lowest BCUT2D eigenvalue weighted by molar-refractivity contribution is 0.0886. The van der Waals surface area contributed by atoms with E-state index in [1.54, 1.807) is 0 Å². The van der Waals surface area contributed by atoms with Gasteiger partial charge >= 0.3 is 0 Å². The van der Waals surface area contributed by atoms with Gasteiger partial charge in [0.05, 0.1) is 18.4 Å². The number of fused-ring (bicyclic) bond motifs is 4. The number of nitrogens with zero attached hydrogens (tertiary/aromatic N) is 5. The van der Waals surface area contributed by atoms with E-state index in [1.807, 2.05) is 18.5 Å². The Morgan fingerprint density at radius 2 is 1.87 bits per heavy atom. The number of amidine groups is 1. The zero-order valence-corrected chi connectivity index (χ0v) is 17.0. The van der Waals surface area contributed by atoms with E-state index in [4.69, 9.17) is 4.99 Å². The van der Waals surface area contributed by atoms with Crippen molar-refractivity contribution in [2.75, 3.05) is 31.5 Å². The molecule has 5 heterocycles. The molecule has 1 fully saturated rings. The molecule has 3 aliphatic rings. The molecule has 0 bridgehead atoms. The number of piperidine rings is 1. The largest absolute Gasteiger partial charge is 0.362 e. The van der Waals surface area contributed by atoms with E-state index in [2.05, 4.69) is 73.3 Å². The molecule has 1 N–H and O–H groups in total. The lowest BCUT2D eigenvalue weighted by atomic mass is 9.90. The van der Waals surface area contributed by atoms with E-state index in [0.29, 0.717) is 0 Å². The number of anilines is 1. The standard InChI is InChI=1S/C24H26N6/c1-2-8-22-21(7-1)23-26-12-16-30(23)24(27-22)9-14-28(15-10-24)18-20-6-4-13-29(20)19-5-3-11-25-17-19/h1-8,11,13,17,27H,9-10,12,14-16,18H2. The van der Waals surface area contributed by atoms with Gasteiger partial charge in [0, 0.05) is 68.4 Å². The summed E-state index contributed by atoms with van der Waals surface area (Å²) in [7, 11) is 0. The minimum atomic E-state index is -0.00840. The van der Waals surface area contributed by atoms with Crippen molar-refractivity contribution in [1.82, 2.24) is 19.4 Å². The van der Waals surface area contributed by atoms with Crippen molar-refractivity contribution in [3.05, 3.63) is 78.4 Å². The van der Waals surface area contributed by atoms with Crippen LogP contribution in [0.15, 0.2) is 72.1 Å². The van der Waals surface area contributed by atoms with Gasteiger partial charge in [0.25, 0.3) is 0 Å². The second-order valence-electron chi connectivity index (χ2n) is 8.42. The Morgan fingerprint density at radius 1 is 0.967 bits per heavy atom. The lowest BCUT2D eigenvalue weighted by Gasteiger charge is -2.52. The lowest BCUT2D eigenvalue weighted by Crippen LogP contribution is -2.63. The molecule has 152 valence electrons. The molecule has 0 atom stereocenters. The summed E-state index contributed by atoms with van der Waals surface area (Å²) in [6.45, 7) is 5.00. The van der Waals surface area contributed by atoms with Gasteiger partial charge in [0.2, 0.25) is 0 Å². The van der Waals surface area contributed by atoms with Gasteiger partial charge in [-0.05, 0) is 36.4 Å². The highest BCUT2D eigenvalue weighted by molar-refractivity contribution is 6.06. The summed E-state index contributed by atoms with van der Waals surface area (Å²) in [6, 6.07) is 17.1. The quantitative estimate of drug-likeness (QED) is 0.735. The zero-order chi connectivity index (χ0) is 20.0. The average Bonchev–Trinajstić information content (AvgIpc) is 3.47. The third kappa shape index (κ3) is 2.82. The first kappa shape index (κ1) is 17.7. The van der Waals surface area contributed by atoms with Gasteiger partial charge in [0.1, 0.15) is 11.5 Å². The molecule has 2 aromatic heterocycles. The number of pyridine rings is 1. The Labute approximate surface area is 176 Å². The first-order chi connectivity index (χ1) is 14.8. The maximum atomic E-state index is 4.85. The minimum absolute atomic E-state index is 0.00840. The second kappa shape index (κ2) is 6.99. The third-order valence-electron chi connectivity index (χ3n) is 6.72. The summed E-state index contributed by atoms with van der Waals surface area (Å²) in [5.41, 5.74) is 4.90. The van der Waals surface area contributed by atoms with E-state index in [9.17, 15) is 0 Å². The maximum absolute atomic E-state index is 4.85. The molecule has 0 saturated carbocycles. The van der Waals surface area contributed by atoms with Crippen molar-refractivity contribution in [1.29, 1.82) is 0 Å². The number of rotatable bonds is 3. The first-order valence-electron chi connectivity index (χ1n) is 10.8. The second-order valence-corrected chi connectivity index (χ2v) is 8.42. The predicted molar refractivity (Wildman–Crippen MR) is 119 cm³/mol. The molecule has 1 saturated heterocycles. The van der Waals surface area contributed by atoms with Gasteiger partial charge in [0.15, 0.2) is 0 Å². The van der Waals surface area contributed by atoms with Crippen LogP contribution in [0.2, 0.25) is 0 Å². The van der Waals surface area contributed by atoms with Crippen LogP contribution in [0.1, 0.15) is 24.1 Å². The highest BCUT2D eigenvalue weighted by Crippen LogP contribution is 2.39. The molecular weight excluding hydrogens is 372 g/mol. The molecule has 0 radical (unpaired) electrons. The van der Waals surface area contributed by atoms with Crippen LogP contribution < -0.4 is 5.32 Å². The Morgan fingerprint density at radius 3 is 2.73 bits per heavy atom. The topological polar surface area (TPSA) is 48.7 Å². The van der Waals surface area contributed by atoms with Crippen LogP contribution in [0.3, 0.4) is 0 Å². The molecule has 0 aliphatic carbocycles. The van der Waals surface area contributed by atoms with Crippen LogP contribution in [0.5, 0.6) is 0 Å². The smallest absolute Gasteiger partial charge is 0.134 e. The molecule has 3 aromatic rings. The summed E-state index contributed by atoms with van der Waals surface area (Å²) in [4.78, 5) is 14.2. The Hall–Kier alpha value is -3.12. The number of benzene rings is 1. The summed E-state index contributed by atoms with van der Waals surface area (Å²) < 4.78 is 2.25. The van der Waals surface area contributed by atoms with Crippen LogP contribution in [-0.2, 0) is 6.54 Å². The molecule has 6 rings (SSSR count). The third-order valence-corrected chi connectivity index (χ3v) is 6.72. The van der Waals surface area contributed by atoms with Crippen molar-refractivity contribution in [2.24, 2.45) is 4.99 Å². The number of hydrogen-bond donors (Lipinski definition) is 1. The van der Waals surface area contributed by atoms with E-state index in [1.165, 1.54) is 22.8 Å². The molecule has 6 nitrogen and oxygen atoms in total. The summed E-state index contributed by atoms with van der Waals surface area (Å²) in [6.07, 6.45) is 8.06. The van der Waals surface area contributed by atoms with Gasteiger partial charge in [-0.25, -0.2) is 0 Å². The van der Waals surface area contributed by atoms with Gasteiger partial charge in [-0.3, -0.25) is 14.9 Å². The number of para-hydroxylation sites is 1. The summed E-state index contributed by atoms with van der Waals surface area (Å²) >= 11 is 0. The highest BCUT2D eigenvalue weighted by atomic mass is 15.4. The Balaban J connectivity index is 1.20. The molecule has 3 aliphatic heterocycles. The average molecular weight is 399 g/mol. The van der Waals surface area contributed by atoms with Crippen LogP contribution in [0, 0.1) is 0 Å². The number of aromatic nitrogens is 2. The fraction of sp³-hybridized carbons (Fsp3) is 0.333. The van der Waals surface area contributed by atoms with E-state index in [-0.39, 0.29) is 5.66 Å². The molecule has 1 spiro atoms. The minimum Gasteiger partial charge on any atom is -0.362 e. The predicted octanol–water partition coefficient (Wildman–Crippen LogP) is 3.35. The number of hydrogen-bond acceptors (Lipinski definition) is 5. The van der Waals surface area contributed by atoms with Crippen molar-refractivity contribution < 1.29 is 0 Å². The van der Waals surface area contributed by atoms with E-state index >= 15 is 0 Å². The fourth-order valence-electron chi connectivity index (χ4n) is 5.20. The Kier molecular flexibility index (Phi) is 4.13. The molecule has 6 heteroatoms. The number of nitrogens with one attached hydrogen (secondary N) is 1. The Bertz CT molecular complexity index is 1080. The van der Waals surface area contributed by atoms with Crippen molar-refractivity contribution >= 4 is 11.5 Å². The molecule has 0 unspecified atom stereocenters. The van der Waals surface area contributed by atoms with Crippen molar-refractivity contribution in [3.63, 3.8) is 0 Å². The van der Waals surface area contributed by atoms with Crippen LogP contribution >= 0.6 is 0 Å². The normalized spacial score (nSPS) is 19.9.